The van der Waals surface area contributed by atoms with Gasteiger partial charge in [0, 0.05) is 19.0 Å². The van der Waals surface area contributed by atoms with Crippen molar-refractivity contribution < 1.29 is 9.53 Å². The zero-order chi connectivity index (χ0) is 16.1. The first kappa shape index (κ1) is 14.9. The van der Waals surface area contributed by atoms with Crippen molar-refractivity contribution in [2.75, 3.05) is 7.05 Å². The van der Waals surface area contributed by atoms with Gasteiger partial charge in [-0.25, -0.2) is 4.99 Å². The van der Waals surface area contributed by atoms with Crippen LogP contribution in [-0.2, 0) is 16.8 Å². The van der Waals surface area contributed by atoms with E-state index in [4.69, 9.17) is 10.5 Å². The Bertz CT molecular complexity index is 666. The van der Waals surface area contributed by atoms with Gasteiger partial charge in [0.15, 0.2) is 11.5 Å². The first-order chi connectivity index (χ1) is 10.3. The van der Waals surface area contributed by atoms with Gasteiger partial charge in [-0.3, -0.25) is 9.69 Å². The topological polar surface area (TPSA) is 67.9 Å². The van der Waals surface area contributed by atoms with Crippen molar-refractivity contribution in [2.45, 2.75) is 51.2 Å². The molecule has 0 bridgehead atoms. The Morgan fingerprint density at radius 2 is 2.14 bits per heavy atom. The van der Waals surface area contributed by atoms with E-state index in [1.165, 1.54) is 10.5 Å². The Hall–Kier alpha value is -2.04. The number of fused-ring (bicyclic) bond motifs is 2. The molecule has 2 aliphatic rings. The van der Waals surface area contributed by atoms with Crippen LogP contribution in [0.25, 0.3) is 0 Å². The molecular formula is C17H23N3O2. The predicted molar refractivity (Wildman–Crippen MR) is 85.8 cm³/mol. The number of hydrogen-bond acceptors (Lipinski definition) is 4. The number of hydrogen-bond donors (Lipinski definition) is 1. The predicted octanol–water partition coefficient (Wildman–Crippen LogP) is 2.18. The van der Waals surface area contributed by atoms with Gasteiger partial charge in [-0.2, -0.15) is 0 Å². The summed E-state index contributed by atoms with van der Waals surface area (Å²) in [5, 5.41) is 0. The normalized spacial score (nSPS) is 25.9. The summed E-state index contributed by atoms with van der Waals surface area (Å²) in [6, 6.07) is 6.08. The van der Waals surface area contributed by atoms with E-state index in [1.807, 2.05) is 19.9 Å². The Morgan fingerprint density at radius 1 is 1.41 bits per heavy atom. The van der Waals surface area contributed by atoms with Crippen LogP contribution >= 0.6 is 0 Å². The fraction of sp³-hybridized carbons (Fsp3) is 0.529. The van der Waals surface area contributed by atoms with E-state index in [2.05, 4.69) is 24.0 Å². The molecule has 2 heterocycles. The summed E-state index contributed by atoms with van der Waals surface area (Å²) in [4.78, 5) is 18.9. The molecule has 0 aromatic heterocycles. The number of rotatable bonds is 2. The lowest BCUT2D eigenvalue weighted by atomic mass is 9.77. The van der Waals surface area contributed by atoms with E-state index in [0.717, 1.165) is 24.2 Å². The molecule has 22 heavy (non-hydrogen) atoms. The maximum atomic E-state index is 12.9. The highest BCUT2D eigenvalue weighted by molar-refractivity contribution is 6.07. The summed E-state index contributed by atoms with van der Waals surface area (Å²) in [7, 11) is 1.67. The molecule has 2 aliphatic heterocycles. The highest BCUT2D eigenvalue weighted by Crippen LogP contribution is 2.49. The fourth-order valence-corrected chi connectivity index (χ4v) is 3.47. The van der Waals surface area contributed by atoms with Crippen molar-refractivity contribution in [3.63, 3.8) is 0 Å². The van der Waals surface area contributed by atoms with Crippen molar-refractivity contribution >= 4 is 11.9 Å². The summed E-state index contributed by atoms with van der Waals surface area (Å²) < 4.78 is 6.08. The van der Waals surface area contributed by atoms with E-state index in [9.17, 15) is 4.79 Å². The molecule has 118 valence electrons. The van der Waals surface area contributed by atoms with E-state index in [0.29, 0.717) is 6.42 Å². The molecule has 2 N–H and O–H groups in total. The van der Waals surface area contributed by atoms with Gasteiger partial charge in [0.25, 0.3) is 5.91 Å². The Kier molecular flexibility index (Phi) is 3.20. The van der Waals surface area contributed by atoms with Crippen molar-refractivity contribution in [3.05, 3.63) is 29.3 Å². The Balaban J connectivity index is 2.20. The lowest BCUT2D eigenvalue weighted by Crippen LogP contribution is -2.49. The first-order valence-electron chi connectivity index (χ1n) is 7.75. The maximum Gasteiger partial charge on any atom is 0.261 e. The molecule has 1 aromatic carbocycles. The molecule has 0 fully saturated rings. The molecule has 0 aliphatic carbocycles. The zero-order valence-electron chi connectivity index (χ0n) is 13.6. The molecule has 3 rings (SSSR count). The number of nitrogens with two attached hydrogens (primary N) is 1. The molecule has 1 spiro atoms. The minimum Gasteiger partial charge on any atom is -0.487 e. The van der Waals surface area contributed by atoms with E-state index < -0.39 is 11.1 Å². The molecule has 5 heteroatoms. The van der Waals surface area contributed by atoms with Crippen LogP contribution in [0.2, 0.25) is 0 Å². The minimum atomic E-state index is -0.945. The average Bonchev–Trinajstić information content (AvgIpc) is 2.64. The zero-order valence-corrected chi connectivity index (χ0v) is 13.6. The van der Waals surface area contributed by atoms with Crippen LogP contribution < -0.4 is 10.5 Å². The number of carbonyl (C=O) groups is 1. The summed E-state index contributed by atoms with van der Waals surface area (Å²) >= 11 is 0. The van der Waals surface area contributed by atoms with Crippen molar-refractivity contribution in [1.29, 1.82) is 0 Å². The van der Waals surface area contributed by atoms with Gasteiger partial charge in [-0.15, -0.1) is 0 Å². The van der Waals surface area contributed by atoms with Gasteiger partial charge < -0.3 is 10.5 Å². The third-order valence-corrected chi connectivity index (χ3v) is 4.40. The number of nitrogens with zero attached hydrogens (tertiary/aromatic N) is 2. The molecule has 1 unspecified atom stereocenters. The van der Waals surface area contributed by atoms with Crippen molar-refractivity contribution in [2.24, 2.45) is 10.7 Å². The summed E-state index contributed by atoms with van der Waals surface area (Å²) in [5.41, 5.74) is 6.55. The molecular weight excluding hydrogens is 278 g/mol. The summed E-state index contributed by atoms with van der Waals surface area (Å²) in [6.07, 6.45) is 2.51. The monoisotopic (exact) mass is 301 g/mol. The van der Waals surface area contributed by atoms with Crippen LogP contribution in [0.1, 0.15) is 44.7 Å². The van der Waals surface area contributed by atoms with Gasteiger partial charge in [-0.1, -0.05) is 19.4 Å². The van der Waals surface area contributed by atoms with Crippen LogP contribution in [0.3, 0.4) is 0 Å². The summed E-state index contributed by atoms with van der Waals surface area (Å²) in [6.45, 7) is 6.10. The van der Waals surface area contributed by atoms with Gasteiger partial charge in [0.05, 0.1) is 0 Å². The van der Waals surface area contributed by atoms with Crippen molar-refractivity contribution in [3.8, 4) is 5.75 Å². The molecule has 1 amide bonds. The molecule has 1 atom stereocenters. The number of aryl methyl sites for hydroxylation is 1. The number of amides is 1. The second-order valence-corrected chi connectivity index (χ2v) is 6.81. The number of guanidine groups is 1. The first-order valence-corrected chi connectivity index (χ1v) is 7.75. The van der Waals surface area contributed by atoms with E-state index in [1.54, 1.807) is 7.05 Å². The SMILES string of the molecule is CCCc1ccc2c(c1)C1(CC(C)(C)O2)N=C(N)N(C)C1=O. The number of likely N-dealkylation sites (N-methyl/N-ethyl adjacent to an activating group) is 1. The van der Waals surface area contributed by atoms with Gasteiger partial charge in [0.1, 0.15) is 11.4 Å². The fourth-order valence-electron chi connectivity index (χ4n) is 3.47. The Labute approximate surface area is 131 Å². The second-order valence-electron chi connectivity index (χ2n) is 6.81. The second kappa shape index (κ2) is 4.73. The molecule has 0 saturated carbocycles. The quantitative estimate of drug-likeness (QED) is 0.910. The maximum absolute atomic E-state index is 12.9. The minimum absolute atomic E-state index is 0.0729. The van der Waals surface area contributed by atoms with E-state index in [-0.39, 0.29) is 11.9 Å². The van der Waals surface area contributed by atoms with Gasteiger partial charge >= 0.3 is 0 Å². The molecule has 0 radical (unpaired) electrons. The lowest BCUT2D eigenvalue weighted by molar-refractivity contribution is -0.133. The van der Waals surface area contributed by atoms with E-state index >= 15 is 0 Å². The molecule has 1 aromatic rings. The smallest absolute Gasteiger partial charge is 0.261 e. The highest BCUT2D eigenvalue weighted by Gasteiger charge is 2.55. The number of benzene rings is 1. The van der Waals surface area contributed by atoms with Crippen molar-refractivity contribution in [1.82, 2.24) is 4.90 Å². The number of carbonyl (C=O) groups excluding carboxylic acids is 1. The number of aliphatic imine (C=N–C) groups is 1. The molecule has 0 saturated heterocycles. The highest BCUT2D eigenvalue weighted by atomic mass is 16.5. The van der Waals surface area contributed by atoms with Crippen LogP contribution in [0.5, 0.6) is 5.75 Å². The van der Waals surface area contributed by atoms with Crippen LogP contribution in [-0.4, -0.2) is 29.4 Å². The van der Waals surface area contributed by atoms with Gasteiger partial charge in [0.2, 0.25) is 0 Å². The van der Waals surface area contributed by atoms with Crippen LogP contribution in [0.15, 0.2) is 23.2 Å². The van der Waals surface area contributed by atoms with Crippen LogP contribution in [0, 0.1) is 0 Å². The van der Waals surface area contributed by atoms with Gasteiger partial charge in [-0.05, 0) is 38.0 Å². The molecule has 5 nitrogen and oxygen atoms in total. The largest absolute Gasteiger partial charge is 0.487 e. The average molecular weight is 301 g/mol. The standard InChI is InChI=1S/C17H23N3O2/c1-5-6-11-7-8-13-12(9-11)17(10-16(2,3)22-13)14(21)20(4)15(18)19-17/h7-9H,5-6,10H2,1-4H3,(H2,18,19). The summed E-state index contributed by atoms with van der Waals surface area (Å²) in [5.74, 6) is 0.933. The number of ether oxygens (including phenoxy) is 1. The lowest BCUT2D eigenvalue weighted by Gasteiger charge is -2.41. The third kappa shape index (κ3) is 2.07. The van der Waals surface area contributed by atoms with Crippen LogP contribution in [0.4, 0.5) is 0 Å². The third-order valence-electron chi connectivity index (χ3n) is 4.40. The Morgan fingerprint density at radius 3 is 2.73 bits per heavy atom.